The summed E-state index contributed by atoms with van der Waals surface area (Å²) in [7, 11) is 0. The van der Waals surface area contributed by atoms with Crippen molar-refractivity contribution in [2.75, 3.05) is 13.2 Å². The maximum absolute atomic E-state index is 13.2. The molecule has 136 valence electrons. The molecule has 0 radical (unpaired) electrons. The number of azo groups is 1. The Morgan fingerprint density at radius 2 is 2.00 bits per heavy atom. The molecule has 0 unspecified atom stereocenters. The summed E-state index contributed by atoms with van der Waals surface area (Å²) in [6, 6.07) is 0. The number of fused-ring (bicyclic) bond motifs is 2. The van der Waals surface area contributed by atoms with Gasteiger partial charge in [-0.15, -0.1) is 5.11 Å². The van der Waals surface area contributed by atoms with E-state index in [0.29, 0.717) is 25.4 Å². The number of nitrogens with one attached hydrogen (secondary N) is 1. The summed E-state index contributed by atoms with van der Waals surface area (Å²) in [6.45, 7) is 12.3. The second-order valence-electron chi connectivity index (χ2n) is 9.91. The van der Waals surface area contributed by atoms with Crippen molar-refractivity contribution in [3.05, 3.63) is 22.7 Å². The first-order valence-corrected chi connectivity index (χ1v) is 9.39. The van der Waals surface area contributed by atoms with Crippen molar-refractivity contribution in [2.45, 2.75) is 66.4 Å². The Hall–Kier alpha value is -1.49. The van der Waals surface area contributed by atoms with Gasteiger partial charge in [0.1, 0.15) is 0 Å². The van der Waals surface area contributed by atoms with Crippen molar-refractivity contribution in [3.8, 4) is 0 Å². The lowest BCUT2D eigenvalue weighted by atomic mass is 9.58. The Morgan fingerprint density at radius 1 is 1.24 bits per heavy atom. The number of carbonyl (C=O) groups is 1. The average Bonchev–Trinajstić information content (AvgIpc) is 2.93. The van der Waals surface area contributed by atoms with E-state index in [0.717, 1.165) is 36.4 Å². The molecule has 1 aliphatic carbocycles. The molecule has 0 amide bonds. The molecule has 5 nitrogen and oxygen atoms in total. The van der Waals surface area contributed by atoms with Gasteiger partial charge in [0.2, 0.25) is 0 Å². The quantitative estimate of drug-likeness (QED) is 0.719. The molecule has 1 fully saturated rings. The van der Waals surface area contributed by atoms with Crippen LogP contribution in [0.3, 0.4) is 0 Å². The maximum atomic E-state index is 13.2. The van der Waals surface area contributed by atoms with Crippen LogP contribution in [0.25, 0.3) is 0 Å². The molecule has 1 spiro atoms. The molecule has 3 aliphatic heterocycles. The molecule has 25 heavy (non-hydrogen) atoms. The van der Waals surface area contributed by atoms with Crippen molar-refractivity contribution in [1.82, 2.24) is 5.32 Å². The van der Waals surface area contributed by atoms with E-state index >= 15 is 0 Å². The van der Waals surface area contributed by atoms with Gasteiger partial charge in [-0.1, -0.05) is 34.6 Å². The van der Waals surface area contributed by atoms with Gasteiger partial charge in [0, 0.05) is 35.3 Å². The molecule has 3 heterocycles. The maximum Gasteiger partial charge on any atom is 0.162 e. The van der Waals surface area contributed by atoms with E-state index in [1.165, 1.54) is 5.57 Å². The molecule has 0 aromatic heterocycles. The highest BCUT2D eigenvalue weighted by Gasteiger charge is 2.54. The van der Waals surface area contributed by atoms with Crippen molar-refractivity contribution >= 4 is 5.78 Å². The number of nitrogens with zero attached hydrogens (tertiary/aromatic N) is 2. The minimum absolute atomic E-state index is 0.00743. The van der Waals surface area contributed by atoms with E-state index in [4.69, 9.17) is 4.74 Å². The predicted molar refractivity (Wildman–Crippen MR) is 95.8 cm³/mol. The third-order valence-electron chi connectivity index (χ3n) is 6.23. The first kappa shape index (κ1) is 17.0. The van der Waals surface area contributed by atoms with Crippen LogP contribution in [0.1, 0.15) is 60.3 Å². The summed E-state index contributed by atoms with van der Waals surface area (Å²) in [4.78, 5) is 13.2. The number of carbonyl (C=O) groups excluding carboxylic acids is 1. The van der Waals surface area contributed by atoms with Crippen LogP contribution in [0.5, 0.6) is 0 Å². The number of rotatable bonds is 0. The fourth-order valence-corrected chi connectivity index (χ4v) is 4.98. The standard InChI is InChI=1S/C20H29N3O2/c1-18(2,3)15-10-20(6-7-25-15)12-11-21-23-17(12)22-13-8-19(4,5)9-14(24)16(13)20/h15,22H,6-11H2,1-5H3/t15-,20-/m1/s1. The van der Waals surface area contributed by atoms with Crippen LogP contribution in [-0.2, 0) is 9.53 Å². The van der Waals surface area contributed by atoms with Gasteiger partial charge < -0.3 is 10.1 Å². The molecular formula is C20H29N3O2. The van der Waals surface area contributed by atoms with E-state index in [9.17, 15) is 4.79 Å². The third-order valence-corrected chi connectivity index (χ3v) is 6.23. The summed E-state index contributed by atoms with van der Waals surface area (Å²) in [6.07, 6.45) is 3.35. The summed E-state index contributed by atoms with van der Waals surface area (Å²) in [5, 5.41) is 12.1. The van der Waals surface area contributed by atoms with Gasteiger partial charge in [-0.05, 0) is 30.1 Å². The molecule has 1 saturated heterocycles. The van der Waals surface area contributed by atoms with Crippen LogP contribution < -0.4 is 5.32 Å². The first-order valence-electron chi connectivity index (χ1n) is 9.39. The number of dihydropyridines is 1. The summed E-state index contributed by atoms with van der Waals surface area (Å²) in [5.74, 6) is 1.19. The second kappa shape index (κ2) is 5.26. The minimum Gasteiger partial charge on any atom is -0.378 e. The predicted octanol–water partition coefficient (Wildman–Crippen LogP) is 4.12. The number of ketones is 1. The Kier molecular flexibility index (Phi) is 3.56. The van der Waals surface area contributed by atoms with Crippen LogP contribution in [0, 0.1) is 16.2 Å². The number of allylic oxidation sites excluding steroid dienone is 2. The van der Waals surface area contributed by atoms with Crippen molar-refractivity contribution in [3.63, 3.8) is 0 Å². The second-order valence-corrected chi connectivity index (χ2v) is 9.91. The van der Waals surface area contributed by atoms with Crippen LogP contribution in [-0.4, -0.2) is 25.0 Å². The van der Waals surface area contributed by atoms with Gasteiger partial charge >= 0.3 is 0 Å². The molecule has 5 heteroatoms. The Balaban J connectivity index is 1.84. The molecule has 0 aromatic carbocycles. The summed E-state index contributed by atoms with van der Waals surface area (Å²) in [5.41, 5.74) is 3.09. The smallest absolute Gasteiger partial charge is 0.162 e. The van der Waals surface area contributed by atoms with Gasteiger partial charge in [0.05, 0.1) is 12.6 Å². The number of Topliss-reactive ketones (excluding diaryl/α,β-unsaturated/α-hetero) is 1. The molecule has 0 bridgehead atoms. The van der Waals surface area contributed by atoms with Gasteiger partial charge in [0.15, 0.2) is 11.6 Å². The van der Waals surface area contributed by atoms with Crippen molar-refractivity contribution in [1.29, 1.82) is 0 Å². The van der Waals surface area contributed by atoms with E-state index in [-0.39, 0.29) is 22.3 Å². The van der Waals surface area contributed by atoms with Gasteiger partial charge in [-0.3, -0.25) is 4.79 Å². The van der Waals surface area contributed by atoms with Crippen molar-refractivity contribution in [2.24, 2.45) is 26.5 Å². The highest BCUT2D eigenvalue weighted by atomic mass is 16.5. The van der Waals surface area contributed by atoms with Crippen LogP contribution >= 0.6 is 0 Å². The lowest BCUT2D eigenvalue weighted by Crippen LogP contribution is -2.50. The van der Waals surface area contributed by atoms with Crippen molar-refractivity contribution < 1.29 is 9.53 Å². The third kappa shape index (κ3) is 2.59. The minimum atomic E-state index is -0.247. The zero-order valence-electron chi connectivity index (χ0n) is 16.0. The molecule has 4 aliphatic rings. The zero-order chi connectivity index (χ0) is 18.0. The zero-order valence-corrected chi connectivity index (χ0v) is 16.0. The number of ether oxygens (including phenoxy) is 1. The molecule has 1 N–H and O–H groups in total. The normalized spacial score (nSPS) is 34.3. The number of hydrogen-bond donors (Lipinski definition) is 1. The molecular weight excluding hydrogens is 314 g/mol. The fraction of sp³-hybridized carbons (Fsp3) is 0.750. The highest BCUT2D eigenvalue weighted by molar-refractivity contribution is 6.00. The number of hydrogen-bond acceptors (Lipinski definition) is 5. The van der Waals surface area contributed by atoms with Gasteiger partial charge in [-0.2, -0.15) is 5.11 Å². The van der Waals surface area contributed by atoms with E-state index in [1.807, 2.05) is 0 Å². The Labute approximate surface area is 150 Å². The lowest BCUT2D eigenvalue weighted by molar-refractivity contribution is -0.122. The SMILES string of the molecule is CC1(C)CC(=O)C2=C(C1)NC1=C(CN=N1)[C@]21CCO[C@@H](C(C)(C)C)C1. The average molecular weight is 343 g/mol. The van der Waals surface area contributed by atoms with E-state index < -0.39 is 0 Å². The van der Waals surface area contributed by atoms with Gasteiger partial charge in [0.25, 0.3) is 0 Å². The first-order chi connectivity index (χ1) is 11.6. The van der Waals surface area contributed by atoms with Gasteiger partial charge in [-0.25, -0.2) is 0 Å². The molecule has 4 rings (SSSR count). The van der Waals surface area contributed by atoms with Crippen LogP contribution in [0.15, 0.2) is 32.9 Å². The largest absolute Gasteiger partial charge is 0.378 e. The lowest BCUT2D eigenvalue weighted by Gasteiger charge is -2.50. The highest BCUT2D eigenvalue weighted by Crippen LogP contribution is 2.56. The van der Waals surface area contributed by atoms with E-state index in [1.54, 1.807) is 0 Å². The fourth-order valence-electron chi connectivity index (χ4n) is 4.98. The Bertz CT molecular complexity index is 724. The summed E-state index contributed by atoms with van der Waals surface area (Å²) >= 11 is 0. The summed E-state index contributed by atoms with van der Waals surface area (Å²) < 4.78 is 6.14. The molecule has 0 aromatic rings. The van der Waals surface area contributed by atoms with Crippen LogP contribution in [0.4, 0.5) is 0 Å². The topological polar surface area (TPSA) is 63.0 Å². The van der Waals surface area contributed by atoms with Crippen LogP contribution in [0.2, 0.25) is 0 Å². The molecule has 2 atom stereocenters. The monoisotopic (exact) mass is 343 g/mol. The Morgan fingerprint density at radius 3 is 2.72 bits per heavy atom. The molecule has 0 saturated carbocycles. The van der Waals surface area contributed by atoms with E-state index in [2.05, 4.69) is 50.2 Å².